The minimum absolute atomic E-state index is 0.00550. The van der Waals surface area contributed by atoms with Crippen molar-refractivity contribution in [2.24, 2.45) is 22.7 Å². The number of carbonyl (C=O) groups excluding carboxylic acids is 1. The lowest BCUT2D eigenvalue weighted by atomic mass is 9.85. The van der Waals surface area contributed by atoms with E-state index in [-0.39, 0.29) is 29.4 Å². The SMILES string of the molecule is CCc1cc(N/C2=C\C/C=C\CCC3C(c4ccc(OC)c(F)c4F)=CN=C23)ccc1C(=O)CC(=N)CC1CC[C@@H](C)C1. The predicted octanol–water partition coefficient (Wildman–Crippen LogP) is 9.10. The largest absolute Gasteiger partial charge is 0.494 e. The predicted molar refractivity (Wildman–Crippen MR) is 170 cm³/mol. The van der Waals surface area contributed by atoms with Gasteiger partial charge in [0.05, 0.1) is 18.5 Å². The van der Waals surface area contributed by atoms with Crippen LogP contribution in [-0.2, 0) is 6.42 Å². The third-order valence-corrected chi connectivity index (χ3v) is 8.93. The second-order valence-electron chi connectivity index (χ2n) is 12.0. The molecule has 2 aliphatic carbocycles. The van der Waals surface area contributed by atoms with Crippen LogP contribution in [0.25, 0.3) is 5.57 Å². The topological polar surface area (TPSA) is 74.5 Å². The molecule has 5 rings (SSSR count). The first kappa shape index (κ1) is 30.6. The molecule has 43 heavy (non-hydrogen) atoms. The molecule has 0 radical (unpaired) electrons. The van der Waals surface area contributed by atoms with E-state index in [1.807, 2.05) is 25.1 Å². The molecule has 3 aliphatic rings. The molecule has 1 heterocycles. The number of anilines is 1. The number of aliphatic imine (C=N–C) groups is 1. The van der Waals surface area contributed by atoms with E-state index in [1.165, 1.54) is 19.6 Å². The van der Waals surface area contributed by atoms with Crippen molar-refractivity contribution >= 4 is 28.5 Å². The van der Waals surface area contributed by atoms with Crippen molar-refractivity contribution in [3.8, 4) is 5.75 Å². The number of hydrogen-bond donors (Lipinski definition) is 2. The van der Waals surface area contributed by atoms with Crippen LogP contribution >= 0.6 is 0 Å². The molecular weight excluding hydrogens is 544 g/mol. The number of ether oxygens (including phenoxy) is 1. The van der Waals surface area contributed by atoms with Gasteiger partial charge in [0.1, 0.15) is 0 Å². The maximum Gasteiger partial charge on any atom is 0.201 e. The number of benzene rings is 2. The van der Waals surface area contributed by atoms with Gasteiger partial charge < -0.3 is 15.5 Å². The van der Waals surface area contributed by atoms with Crippen LogP contribution in [0.2, 0.25) is 0 Å². The summed E-state index contributed by atoms with van der Waals surface area (Å²) in [6.45, 7) is 4.29. The van der Waals surface area contributed by atoms with Gasteiger partial charge in [-0.3, -0.25) is 9.79 Å². The van der Waals surface area contributed by atoms with Crippen molar-refractivity contribution in [3.63, 3.8) is 0 Å². The molecule has 226 valence electrons. The van der Waals surface area contributed by atoms with E-state index >= 15 is 4.39 Å². The van der Waals surface area contributed by atoms with Crippen LogP contribution in [0.4, 0.5) is 14.5 Å². The quantitative estimate of drug-likeness (QED) is 0.166. The molecule has 0 bridgehead atoms. The summed E-state index contributed by atoms with van der Waals surface area (Å²) in [5.74, 6) is -1.05. The van der Waals surface area contributed by atoms with Gasteiger partial charge in [0.25, 0.3) is 0 Å². The van der Waals surface area contributed by atoms with E-state index in [0.717, 1.165) is 41.9 Å². The first-order chi connectivity index (χ1) is 20.8. The number of fused-ring (bicyclic) bond motifs is 1. The number of nitrogens with one attached hydrogen (secondary N) is 2. The maximum atomic E-state index is 15.1. The van der Waals surface area contributed by atoms with Crippen LogP contribution in [0.3, 0.4) is 0 Å². The number of methoxy groups -OCH3 is 1. The lowest BCUT2D eigenvalue weighted by Crippen LogP contribution is -2.20. The van der Waals surface area contributed by atoms with Crippen LogP contribution in [-0.4, -0.2) is 24.3 Å². The van der Waals surface area contributed by atoms with Gasteiger partial charge in [-0.1, -0.05) is 38.5 Å². The van der Waals surface area contributed by atoms with Crippen molar-refractivity contribution in [3.05, 3.63) is 88.8 Å². The zero-order chi connectivity index (χ0) is 30.5. The van der Waals surface area contributed by atoms with Gasteiger partial charge in [0.15, 0.2) is 17.3 Å². The van der Waals surface area contributed by atoms with Crippen molar-refractivity contribution < 1.29 is 18.3 Å². The number of Topliss-reactive ketones (excluding diaryl/α,β-unsaturated/α-hetero) is 1. The number of rotatable bonds is 10. The molecule has 1 aliphatic heterocycles. The Balaban J connectivity index is 1.33. The average molecular weight is 586 g/mol. The second-order valence-corrected chi connectivity index (χ2v) is 12.0. The van der Waals surface area contributed by atoms with Gasteiger partial charge in [-0.15, -0.1) is 0 Å². The van der Waals surface area contributed by atoms with E-state index in [4.69, 9.17) is 15.1 Å². The number of allylic oxidation sites excluding steroid dienone is 5. The second kappa shape index (κ2) is 13.6. The normalized spacial score (nSPS) is 23.6. The van der Waals surface area contributed by atoms with Gasteiger partial charge in [0, 0.05) is 41.1 Å². The zero-order valence-corrected chi connectivity index (χ0v) is 25.3. The Hall–Kier alpha value is -3.87. The fourth-order valence-electron chi connectivity index (χ4n) is 6.68. The summed E-state index contributed by atoms with van der Waals surface area (Å²) < 4.78 is 34.7. The summed E-state index contributed by atoms with van der Waals surface area (Å²) in [5.41, 5.74) is 5.37. The van der Waals surface area contributed by atoms with Crippen molar-refractivity contribution in [2.75, 3.05) is 12.4 Å². The number of aryl methyl sites for hydroxylation is 1. The van der Waals surface area contributed by atoms with Crippen molar-refractivity contribution in [1.82, 2.24) is 0 Å². The Kier molecular flexibility index (Phi) is 9.69. The highest BCUT2D eigenvalue weighted by molar-refractivity contribution is 6.13. The first-order valence-electron chi connectivity index (χ1n) is 15.4. The van der Waals surface area contributed by atoms with Crippen LogP contribution in [0.1, 0.15) is 86.7 Å². The Morgan fingerprint density at radius 1 is 1.12 bits per heavy atom. The number of hydrogen-bond acceptors (Lipinski definition) is 5. The molecule has 2 aromatic rings. The molecule has 0 saturated heterocycles. The summed E-state index contributed by atoms with van der Waals surface area (Å²) in [6, 6.07) is 8.75. The molecule has 7 heteroatoms. The summed E-state index contributed by atoms with van der Waals surface area (Å²) in [6.07, 6.45) is 15.2. The molecule has 1 saturated carbocycles. The van der Waals surface area contributed by atoms with E-state index in [2.05, 4.69) is 30.5 Å². The van der Waals surface area contributed by atoms with Gasteiger partial charge >= 0.3 is 0 Å². The lowest BCUT2D eigenvalue weighted by Gasteiger charge is -2.21. The smallest absolute Gasteiger partial charge is 0.201 e. The molecule has 2 N–H and O–H groups in total. The molecule has 3 atom stereocenters. The van der Waals surface area contributed by atoms with E-state index in [0.29, 0.717) is 54.4 Å². The summed E-state index contributed by atoms with van der Waals surface area (Å²) >= 11 is 0. The molecule has 0 amide bonds. The molecule has 1 fully saturated rings. The summed E-state index contributed by atoms with van der Waals surface area (Å²) in [4.78, 5) is 18.0. The minimum Gasteiger partial charge on any atom is -0.494 e. The van der Waals surface area contributed by atoms with Gasteiger partial charge in [-0.2, -0.15) is 4.39 Å². The van der Waals surface area contributed by atoms with Crippen LogP contribution < -0.4 is 10.1 Å². The Morgan fingerprint density at radius 3 is 2.70 bits per heavy atom. The average Bonchev–Trinajstić information content (AvgIpc) is 3.61. The number of ketones is 1. The van der Waals surface area contributed by atoms with Crippen LogP contribution in [0.15, 0.2) is 65.4 Å². The zero-order valence-electron chi connectivity index (χ0n) is 25.3. The van der Waals surface area contributed by atoms with E-state index in [1.54, 1.807) is 12.3 Å². The Bertz CT molecular complexity index is 1520. The standard InChI is InChI=1S/C36H41F2N3O2/c1-4-24-19-26(13-14-27(24)32(42)20-25(39)18-23-12-11-22(2)17-23)41-31-10-8-6-5-7-9-29-30(21-40-36(29)31)28-15-16-33(43-3)35(38)34(28)37/h5-6,10,13-16,19,21-23,29,39,41H,4,7-9,11-12,17-18,20H2,1-3H3/b6-5-,31-10-,39-25?/t22-,23?,29?/m1/s1. The fourth-order valence-corrected chi connectivity index (χ4v) is 6.68. The first-order valence-corrected chi connectivity index (χ1v) is 15.4. The van der Waals surface area contributed by atoms with E-state index in [9.17, 15) is 9.18 Å². The minimum atomic E-state index is -1.00. The Labute approximate surface area is 253 Å². The molecular formula is C36H41F2N3O2. The highest BCUT2D eigenvalue weighted by Crippen LogP contribution is 2.39. The monoisotopic (exact) mass is 585 g/mol. The highest BCUT2D eigenvalue weighted by atomic mass is 19.2. The number of carbonyl (C=O) groups is 1. The maximum absolute atomic E-state index is 15.1. The molecule has 2 unspecified atom stereocenters. The molecule has 0 aromatic heterocycles. The molecule has 5 nitrogen and oxygen atoms in total. The van der Waals surface area contributed by atoms with E-state index < -0.39 is 11.6 Å². The van der Waals surface area contributed by atoms with Crippen LogP contribution in [0.5, 0.6) is 5.75 Å². The van der Waals surface area contributed by atoms with Crippen molar-refractivity contribution in [2.45, 2.75) is 71.6 Å². The van der Waals surface area contributed by atoms with Crippen LogP contribution in [0, 0.1) is 34.8 Å². The third kappa shape index (κ3) is 6.87. The van der Waals surface area contributed by atoms with Gasteiger partial charge in [-0.25, -0.2) is 4.39 Å². The third-order valence-electron chi connectivity index (χ3n) is 8.93. The number of halogens is 2. The lowest BCUT2D eigenvalue weighted by molar-refractivity contribution is 0.0999. The highest BCUT2D eigenvalue weighted by Gasteiger charge is 2.31. The number of nitrogens with zero attached hydrogens (tertiary/aromatic N) is 1. The Morgan fingerprint density at radius 2 is 1.95 bits per heavy atom. The fraction of sp³-hybridized carbons (Fsp3) is 0.417. The molecule has 2 aromatic carbocycles. The van der Waals surface area contributed by atoms with Gasteiger partial charge in [0.2, 0.25) is 5.82 Å². The summed E-state index contributed by atoms with van der Waals surface area (Å²) in [5, 5.41) is 12.0. The summed E-state index contributed by atoms with van der Waals surface area (Å²) in [7, 11) is 1.32. The van der Waals surface area contributed by atoms with Gasteiger partial charge in [-0.05, 0) is 98.2 Å². The van der Waals surface area contributed by atoms with Crippen molar-refractivity contribution in [1.29, 1.82) is 5.41 Å². The molecule has 0 spiro atoms.